The molecule has 8 nitrogen and oxygen atoms in total. The summed E-state index contributed by atoms with van der Waals surface area (Å²) in [5.74, 6) is -1.66. The van der Waals surface area contributed by atoms with Gasteiger partial charge in [0, 0.05) is 12.6 Å². The van der Waals surface area contributed by atoms with E-state index in [9.17, 15) is 22.8 Å². The molecule has 0 radical (unpaired) electrons. The minimum absolute atomic E-state index is 0.0435. The maximum atomic E-state index is 13.5. The van der Waals surface area contributed by atoms with E-state index >= 15 is 0 Å². The molecule has 0 unspecified atom stereocenters. The highest BCUT2D eigenvalue weighted by Crippen LogP contribution is 2.30. The number of carbonyl (C=O) groups is 3. The van der Waals surface area contributed by atoms with Gasteiger partial charge >= 0.3 is 0 Å². The van der Waals surface area contributed by atoms with Crippen molar-refractivity contribution in [1.29, 1.82) is 0 Å². The van der Waals surface area contributed by atoms with Gasteiger partial charge in [0.1, 0.15) is 17.5 Å². The monoisotopic (exact) mass is 485 g/mol. The van der Waals surface area contributed by atoms with Crippen LogP contribution in [-0.4, -0.2) is 54.0 Å². The van der Waals surface area contributed by atoms with Crippen molar-refractivity contribution in [3.63, 3.8) is 0 Å². The Morgan fingerprint density at radius 1 is 1.03 bits per heavy atom. The topological polar surface area (TPSA) is 104 Å². The number of fused-ring (bicyclic) bond motifs is 1. The second-order valence-corrected chi connectivity index (χ2v) is 10.4. The van der Waals surface area contributed by atoms with E-state index in [4.69, 9.17) is 0 Å². The summed E-state index contributed by atoms with van der Waals surface area (Å²) in [6.07, 6.45) is 1.06. The van der Waals surface area contributed by atoms with E-state index in [-0.39, 0.29) is 29.0 Å². The lowest BCUT2D eigenvalue weighted by Crippen LogP contribution is -2.53. The number of rotatable bonds is 9. The number of nitrogens with one attached hydrogen (secondary N) is 1. The van der Waals surface area contributed by atoms with Gasteiger partial charge in [-0.1, -0.05) is 55.8 Å². The molecule has 3 rings (SSSR count). The van der Waals surface area contributed by atoms with Gasteiger partial charge in [0.2, 0.25) is 11.8 Å². The van der Waals surface area contributed by atoms with E-state index in [0.29, 0.717) is 10.7 Å². The molecule has 0 spiro atoms. The average Bonchev–Trinajstić information content (AvgIpc) is 3.00. The van der Waals surface area contributed by atoms with Crippen LogP contribution in [0.5, 0.6) is 0 Å². The van der Waals surface area contributed by atoms with Crippen molar-refractivity contribution >= 4 is 27.7 Å². The van der Waals surface area contributed by atoms with Crippen molar-refractivity contribution in [2.24, 2.45) is 0 Å². The normalized spacial score (nSPS) is 16.0. The Labute approximate surface area is 201 Å². The number of amides is 3. The summed E-state index contributed by atoms with van der Waals surface area (Å²) in [4.78, 5) is 40.6. The molecule has 1 aliphatic heterocycles. The Kier molecular flexibility index (Phi) is 7.76. The van der Waals surface area contributed by atoms with Crippen LogP contribution in [0.4, 0.5) is 0 Å². The number of aryl methyl sites for hydroxylation is 1. The van der Waals surface area contributed by atoms with Gasteiger partial charge in [0.25, 0.3) is 15.9 Å². The molecule has 2 aromatic rings. The molecule has 0 saturated carbocycles. The van der Waals surface area contributed by atoms with Crippen molar-refractivity contribution in [1.82, 2.24) is 14.5 Å². The second-order valence-electron chi connectivity index (χ2n) is 8.56. The third-order valence-electron chi connectivity index (χ3n) is 6.05. The van der Waals surface area contributed by atoms with Crippen LogP contribution in [0.25, 0.3) is 0 Å². The van der Waals surface area contributed by atoms with Gasteiger partial charge in [0.15, 0.2) is 0 Å². The summed E-state index contributed by atoms with van der Waals surface area (Å²) in [6.45, 7) is 7.01. The SMILES string of the molecule is CC[C@@H](C)NC(=O)[C@@H](CC)N(Cc1ccc(C)cc1)C(=O)CN1C(=O)c2ccccc2S1(=O)=O. The molecule has 3 amide bonds. The summed E-state index contributed by atoms with van der Waals surface area (Å²) in [7, 11) is -4.14. The lowest BCUT2D eigenvalue weighted by molar-refractivity contribution is -0.141. The maximum Gasteiger partial charge on any atom is 0.269 e. The number of hydrogen-bond donors (Lipinski definition) is 1. The van der Waals surface area contributed by atoms with Gasteiger partial charge in [-0.2, -0.15) is 0 Å². The van der Waals surface area contributed by atoms with Crippen LogP contribution in [0.15, 0.2) is 53.4 Å². The maximum absolute atomic E-state index is 13.5. The Bertz CT molecular complexity index is 1180. The first-order valence-corrected chi connectivity index (χ1v) is 12.9. The highest BCUT2D eigenvalue weighted by Gasteiger charge is 2.43. The standard InChI is InChI=1S/C25H31N3O5S/c1-5-18(4)26-24(30)21(6-2)27(15-19-13-11-17(3)12-14-19)23(29)16-28-25(31)20-9-7-8-10-22(20)34(28,32)33/h7-14,18,21H,5-6,15-16H2,1-4H3,(H,26,30)/t18-,21-/m1/s1. The first-order chi connectivity index (χ1) is 16.1. The zero-order chi connectivity index (χ0) is 25.0. The molecule has 182 valence electrons. The fraction of sp³-hybridized carbons (Fsp3) is 0.400. The second kappa shape index (κ2) is 10.4. The van der Waals surface area contributed by atoms with E-state index in [0.717, 1.165) is 17.5 Å². The van der Waals surface area contributed by atoms with E-state index < -0.39 is 34.4 Å². The van der Waals surface area contributed by atoms with Crippen molar-refractivity contribution in [2.45, 2.75) is 64.1 Å². The van der Waals surface area contributed by atoms with E-state index in [1.54, 1.807) is 13.0 Å². The van der Waals surface area contributed by atoms with Crippen LogP contribution in [0.2, 0.25) is 0 Å². The third kappa shape index (κ3) is 5.14. The van der Waals surface area contributed by atoms with Gasteiger partial charge < -0.3 is 10.2 Å². The van der Waals surface area contributed by atoms with E-state index in [1.807, 2.05) is 45.0 Å². The lowest BCUT2D eigenvalue weighted by atomic mass is 10.1. The number of carbonyl (C=O) groups excluding carboxylic acids is 3. The summed E-state index contributed by atoms with van der Waals surface area (Å²) < 4.78 is 26.5. The zero-order valence-corrected chi connectivity index (χ0v) is 20.8. The molecular weight excluding hydrogens is 454 g/mol. The number of sulfonamides is 1. The van der Waals surface area contributed by atoms with Gasteiger partial charge in [0.05, 0.1) is 5.56 Å². The summed E-state index contributed by atoms with van der Waals surface area (Å²) in [5, 5.41) is 2.91. The van der Waals surface area contributed by atoms with Crippen molar-refractivity contribution < 1.29 is 22.8 Å². The van der Waals surface area contributed by atoms with Crippen molar-refractivity contribution in [2.75, 3.05) is 6.54 Å². The highest BCUT2D eigenvalue weighted by molar-refractivity contribution is 7.90. The molecule has 0 aliphatic carbocycles. The number of nitrogens with zero attached hydrogens (tertiary/aromatic N) is 2. The minimum Gasteiger partial charge on any atom is -0.352 e. The van der Waals surface area contributed by atoms with Crippen LogP contribution in [0, 0.1) is 6.92 Å². The van der Waals surface area contributed by atoms with E-state index in [1.165, 1.54) is 23.1 Å². The molecule has 0 fully saturated rings. The Morgan fingerprint density at radius 2 is 1.68 bits per heavy atom. The van der Waals surface area contributed by atoms with Gasteiger partial charge in [-0.15, -0.1) is 0 Å². The quantitative estimate of drug-likeness (QED) is 0.588. The van der Waals surface area contributed by atoms with Crippen LogP contribution in [0.3, 0.4) is 0 Å². The molecule has 0 aromatic heterocycles. The molecule has 0 bridgehead atoms. The molecule has 34 heavy (non-hydrogen) atoms. The summed E-state index contributed by atoms with van der Waals surface area (Å²) >= 11 is 0. The van der Waals surface area contributed by atoms with Crippen LogP contribution in [-0.2, 0) is 26.2 Å². The van der Waals surface area contributed by atoms with Crippen molar-refractivity contribution in [3.05, 3.63) is 65.2 Å². The Hall–Kier alpha value is -3.20. The van der Waals surface area contributed by atoms with Gasteiger partial charge in [-0.25, -0.2) is 12.7 Å². The first kappa shape index (κ1) is 25.4. The van der Waals surface area contributed by atoms with Gasteiger partial charge in [-0.3, -0.25) is 14.4 Å². The molecule has 1 aliphatic rings. The number of benzene rings is 2. The fourth-order valence-corrected chi connectivity index (χ4v) is 5.37. The smallest absolute Gasteiger partial charge is 0.269 e. The minimum atomic E-state index is -4.14. The van der Waals surface area contributed by atoms with Crippen LogP contribution in [0.1, 0.15) is 55.1 Å². The average molecular weight is 486 g/mol. The molecule has 2 aromatic carbocycles. The summed E-state index contributed by atoms with van der Waals surface area (Å²) in [5.41, 5.74) is 1.89. The van der Waals surface area contributed by atoms with Crippen LogP contribution < -0.4 is 5.32 Å². The lowest BCUT2D eigenvalue weighted by Gasteiger charge is -2.32. The Balaban J connectivity index is 1.92. The Morgan fingerprint density at radius 3 is 2.26 bits per heavy atom. The molecule has 1 heterocycles. The van der Waals surface area contributed by atoms with E-state index in [2.05, 4.69) is 5.32 Å². The van der Waals surface area contributed by atoms with Crippen molar-refractivity contribution in [3.8, 4) is 0 Å². The fourth-order valence-electron chi connectivity index (χ4n) is 3.85. The van der Waals surface area contributed by atoms with Gasteiger partial charge in [-0.05, 0) is 44.4 Å². The predicted molar refractivity (Wildman–Crippen MR) is 128 cm³/mol. The molecule has 2 atom stereocenters. The predicted octanol–water partition coefficient (Wildman–Crippen LogP) is 2.86. The zero-order valence-electron chi connectivity index (χ0n) is 19.9. The molecule has 0 saturated heterocycles. The molecule has 1 N–H and O–H groups in total. The first-order valence-electron chi connectivity index (χ1n) is 11.4. The number of hydrogen-bond acceptors (Lipinski definition) is 5. The largest absolute Gasteiger partial charge is 0.352 e. The molecular formula is C25H31N3O5S. The molecule has 9 heteroatoms. The third-order valence-corrected chi connectivity index (χ3v) is 7.84. The van der Waals surface area contributed by atoms with Crippen LogP contribution >= 0.6 is 0 Å². The summed E-state index contributed by atoms with van der Waals surface area (Å²) in [6, 6.07) is 12.5. The highest BCUT2D eigenvalue weighted by atomic mass is 32.2.